The van der Waals surface area contributed by atoms with E-state index in [4.69, 9.17) is 27.9 Å². The average Bonchev–Trinajstić information content (AvgIpc) is 3.45. The van der Waals surface area contributed by atoms with Gasteiger partial charge >= 0.3 is 5.69 Å². The molecule has 0 saturated heterocycles. The van der Waals surface area contributed by atoms with Gasteiger partial charge in [0.1, 0.15) is 6.33 Å². The smallest absolute Gasteiger partial charge is 0.311 e. The third-order valence-electron chi connectivity index (χ3n) is 4.43. The molecular weight excluding hydrogens is 473 g/mol. The second-order valence-corrected chi connectivity index (χ2v) is 7.47. The van der Waals surface area contributed by atoms with Crippen LogP contribution in [0, 0.1) is 10.1 Å². The third kappa shape index (κ3) is 5.27. The largest absolute Gasteiger partial charge is 0.464 e. The summed E-state index contributed by atoms with van der Waals surface area (Å²) in [6.07, 6.45) is 2.95. The highest BCUT2D eigenvalue weighted by atomic mass is 35.5. The molecule has 2 heterocycles. The summed E-state index contributed by atoms with van der Waals surface area (Å²) in [5.41, 5.74) is 0.607. The second-order valence-electron chi connectivity index (χ2n) is 6.66. The van der Waals surface area contributed by atoms with E-state index in [9.17, 15) is 14.9 Å². The molecule has 0 saturated carbocycles. The number of carbonyl (C=O) groups excluding carboxylic acids is 1. The average molecular weight is 488 g/mol. The Bertz CT molecular complexity index is 1300. The van der Waals surface area contributed by atoms with Crippen molar-refractivity contribution in [1.29, 1.82) is 0 Å². The van der Waals surface area contributed by atoms with Gasteiger partial charge in [-0.25, -0.2) is 14.3 Å². The Kier molecular flexibility index (Phi) is 6.52. The van der Waals surface area contributed by atoms with Gasteiger partial charge in [-0.05, 0) is 24.3 Å². The Morgan fingerprint density at radius 3 is 2.58 bits per heavy atom. The fraction of sp³-hybridized carbons (Fsp3) is 0.100. The van der Waals surface area contributed by atoms with E-state index in [-0.39, 0.29) is 36.4 Å². The monoisotopic (exact) mass is 487 g/mol. The molecule has 0 aliphatic heterocycles. The third-order valence-corrected chi connectivity index (χ3v) is 5.14. The zero-order valence-corrected chi connectivity index (χ0v) is 18.3. The molecule has 0 aliphatic rings. The van der Waals surface area contributed by atoms with Gasteiger partial charge in [0, 0.05) is 27.9 Å². The van der Waals surface area contributed by atoms with Crippen LogP contribution in [0.25, 0.3) is 0 Å². The van der Waals surface area contributed by atoms with Crippen LogP contribution in [0.3, 0.4) is 0 Å². The first kappa shape index (κ1) is 22.2. The zero-order chi connectivity index (χ0) is 23.4. The van der Waals surface area contributed by atoms with E-state index in [1.165, 1.54) is 40.1 Å². The number of hydrogen-bond donors (Lipinski definition) is 1. The lowest BCUT2D eigenvalue weighted by Gasteiger charge is -2.06. The summed E-state index contributed by atoms with van der Waals surface area (Å²) in [5, 5.41) is 22.9. The van der Waals surface area contributed by atoms with Crippen molar-refractivity contribution < 1.29 is 14.5 Å². The topological polar surface area (TPSA) is 130 Å². The van der Waals surface area contributed by atoms with Crippen LogP contribution in [-0.2, 0) is 13.3 Å². The normalized spacial score (nSPS) is 10.7. The lowest BCUT2D eigenvalue weighted by molar-refractivity contribution is -0.386. The first-order valence-corrected chi connectivity index (χ1v) is 10.2. The lowest BCUT2D eigenvalue weighted by atomic mass is 10.2. The van der Waals surface area contributed by atoms with Crippen molar-refractivity contribution in [2.75, 3.05) is 5.32 Å². The SMILES string of the molecule is O=C(Nc1ncn(Cc2c(Cl)cccc2Cl)n1)c1ccn(COc2ccccc2[N+](=O)[O-])n1. The molecule has 1 N–H and O–H groups in total. The Hall–Kier alpha value is -3.96. The summed E-state index contributed by atoms with van der Waals surface area (Å²) in [7, 11) is 0. The minimum atomic E-state index is -0.539. The number of carbonyl (C=O) groups is 1. The highest BCUT2D eigenvalue weighted by Gasteiger charge is 2.16. The Morgan fingerprint density at radius 1 is 1.06 bits per heavy atom. The number of halogens is 2. The number of para-hydroxylation sites is 2. The molecule has 13 heteroatoms. The van der Waals surface area contributed by atoms with Crippen LogP contribution in [0.4, 0.5) is 11.6 Å². The minimum absolute atomic E-state index is 0.0777. The van der Waals surface area contributed by atoms with Crippen LogP contribution < -0.4 is 10.1 Å². The number of rotatable bonds is 8. The molecule has 33 heavy (non-hydrogen) atoms. The number of ether oxygens (including phenoxy) is 1. The van der Waals surface area contributed by atoms with Crippen molar-refractivity contribution in [2.24, 2.45) is 0 Å². The van der Waals surface area contributed by atoms with Gasteiger partial charge in [0.25, 0.3) is 5.91 Å². The summed E-state index contributed by atoms with van der Waals surface area (Å²) in [4.78, 5) is 27.1. The van der Waals surface area contributed by atoms with E-state index < -0.39 is 10.8 Å². The van der Waals surface area contributed by atoms with Crippen LogP contribution in [0.5, 0.6) is 5.75 Å². The molecule has 2 aromatic heterocycles. The van der Waals surface area contributed by atoms with Gasteiger partial charge in [-0.3, -0.25) is 20.2 Å². The molecule has 168 valence electrons. The molecule has 2 aromatic carbocycles. The number of hydrogen-bond acceptors (Lipinski definition) is 7. The summed E-state index contributed by atoms with van der Waals surface area (Å²) < 4.78 is 8.27. The maximum Gasteiger partial charge on any atom is 0.311 e. The molecule has 0 bridgehead atoms. The quantitative estimate of drug-likeness (QED) is 0.293. The predicted molar refractivity (Wildman–Crippen MR) is 119 cm³/mol. The van der Waals surface area contributed by atoms with Crippen molar-refractivity contribution in [1.82, 2.24) is 24.5 Å². The summed E-state index contributed by atoms with van der Waals surface area (Å²) in [6.45, 7) is 0.155. The molecular formula is C20H15Cl2N7O4. The highest BCUT2D eigenvalue weighted by Crippen LogP contribution is 2.26. The number of nitro benzene ring substituents is 1. The van der Waals surface area contributed by atoms with Gasteiger partial charge in [-0.2, -0.15) is 5.10 Å². The lowest BCUT2D eigenvalue weighted by Crippen LogP contribution is -2.15. The van der Waals surface area contributed by atoms with E-state index >= 15 is 0 Å². The molecule has 0 spiro atoms. The van der Waals surface area contributed by atoms with E-state index in [1.54, 1.807) is 30.3 Å². The fourth-order valence-corrected chi connectivity index (χ4v) is 3.38. The highest BCUT2D eigenvalue weighted by molar-refractivity contribution is 6.35. The molecule has 0 fully saturated rings. The molecule has 0 atom stereocenters. The molecule has 4 rings (SSSR count). The van der Waals surface area contributed by atoms with E-state index in [1.807, 2.05) is 0 Å². The number of nitrogens with zero attached hydrogens (tertiary/aromatic N) is 6. The molecule has 4 aromatic rings. The van der Waals surface area contributed by atoms with Gasteiger partial charge in [0.05, 0.1) is 11.5 Å². The number of aromatic nitrogens is 5. The number of nitro groups is 1. The molecule has 11 nitrogen and oxygen atoms in total. The van der Waals surface area contributed by atoms with Gasteiger partial charge in [-0.1, -0.05) is 41.4 Å². The van der Waals surface area contributed by atoms with Gasteiger partial charge < -0.3 is 4.74 Å². The van der Waals surface area contributed by atoms with Crippen molar-refractivity contribution in [2.45, 2.75) is 13.3 Å². The van der Waals surface area contributed by atoms with Crippen molar-refractivity contribution in [3.63, 3.8) is 0 Å². The second kappa shape index (κ2) is 9.67. The van der Waals surface area contributed by atoms with Gasteiger partial charge in [0.2, 0.25) is 5.95 Å². The summed E-state index contributed by atoms with van der Waals surface area (Å²) in [6, 6.07) is 12.6. The van der Waals surface area contributed by atoms with E-state index in [0.29, 0.717) is 15.6 Å². The standard InChI is InChI=1S/C20H15Cl2N7O4/c21-14-4-3-5-15(22)13(14)10-28-11-23-20(26-28)24-19(30)16-8-9-27(25-16)12-33-18-7-2-1-6-17(18)29(31)32/h1-9,11H,10,12H2,(H,24,26,30). The van der Waals surface area contributed by atoms with Gasteiger partial charge in [-0.15, -0.1) is 5.10 Å². The molecule has 0 radical (unpaired) electrons. The maximum absolute atomic E-state index is 12.5. The van der Waals surface area contributed by atoms with E-state index in [2.05, 4.69) is 20.5 Å². The molecule has 0 unspecified atom stereocenters. The zero-order valence-electron chi connectivity index (χ0n) is 16.8. The van der Waals surface area contributed by atoms with Crippen LogP contribution in [-0.4, -0.2) is 35.4 Å². The van der Waals surface area contributed by atoms with Crippen molar-refractivity contribution >= 4 is 40.7 Å². The predicted octanol–water partition coefficient (Wildman–Crippen LogP) is 4.03. The number of anilines is 1. The van der Waals surface area contributed by atoms with Crippen LogP contribution >= 0.6 is 23.2 Å². The van der Waals surface area contributed by atoms with Crippen LogP contribution in [0.1, 0.15) is 16.1 Å². The van der Waals surface area contributed by atoms with Crippen molar-refractivity contribution in [3.05, 3.63) is 92.5 Å². The Labute approximate surface area is 196 Å². The maximum atomic E-state index is 12.5. The summed E-state index contributed by atoms with van der Waals surface area (Å²) >= 11 is 12.3. The Balaban J connectivity index is 1.37. The first-order valence-electron chi connectivity index (χ1n) is 9.44. The number of amides is 1. The first-order chi connectivity index (χ1) is 15.9. The molecule has 0 aliphatic carbocycles. The number of nitrogens with one attached hydrogen (secondary N) is 1. The summed E-state index contributed by atoms with van der Waals surface area (Å²) in [5.74, 6) is -0.362. The van der Waals surface area contributed by atoms with Crippen molar-refractivity contribution in [3.8, 4) is 5.75 Å². The van der Waals surface area contributed by atoms with Crippen LogP contribution in [0.2, 0.25) is 10.0 Å². The molecule has 1 amide bonds. The van der Waals surface area contributed by atoms with Crippen LogP contribution in [0.15, 0.2) is 61.1 Å². The Morgan fingerprint density at radius 2 is 1.82 bits per heavy atom. The number of benzene rings is 2. The van der Waals surface area contributed by atoms with Gasteiger partial charge in [0.15, 0.2) is 18.2 Å². The minimum Gasteiger partial charge on any atom is -0.464 e. The fourth-order valence-electron chi connectivity index (χ4n) is 2.86. The van der Waals surface area contributed by atoms with E-state index in [0.717, 1.165) is 0 Å².